The Labute approximate surface area is 121 Å². The number of hydrogen-bond acceptors (Lipinski definition) is 3. The lowest BCUT2D eigenvalue weighted by molar-refractivity contribution is 0.586. The van der Waals surface area contributed by atoms with E-state index in [2.05, 4.69) is 48.9 Å². The molecule has 2 heterocycles. The number of nitrogens with one attached hydrogen (secondary N) is 3. The van der Waals surface area contributed by atoms with Crippen LogP contribution in [0.4, 0.5) is 17.1 Å². The Morgan fingerprint density at radius 3 is 2.33 bits per heavy atom. The molecule has 2 aliphatic heterocycles. The fourth-order valence-electron chi connectivity index (χ4n) is 2.57. The molecule has 0 fully saturated rings. The molecule has 0 amide bonds. The molecule has 3 rings (SSSR count). The summed E-state index contributed by atoms with van der Waals surface area (Å²) in [5.41, 5.74) is 5.45. The van der Waals surface area contributed by atoms with Crippen molar-refractivity contribution in [3.63, 3.8) is 0 Å². The van der Waals surface area contributed by atoms with Crippen LogP contribution in [0.1, 0.15) is 32.8 Å². The van der Waals surface area contributed by atoms with Crippen LogP contribution < -0.4 is 16.0 Å². The Morgan fingerprint density at radius 2 is 1.72 bits per heavy atom. The van der Waals surface area contributed by atoms with Crippen LogP contribution in [-0.4, -0.2) is 12.7 Å². The molecule has 102 valence electrons. The zero-order valence-corrected chi connectivity index (χ0v) is 12.6. The van der Waals surface area contributed by atoms with E-state index in [4.69, 9.17) is 0 Å². The minimum Gasteiger partial charge on any atom is -0.384 e. The fourth-order valence-corrected chi connectivity index (χ4v) is 2.57. The molecule has 0 bridgehead atoms. The van der Waals surface area contributed by atoms with Crippen molar-refractivity contribution in [2.24, 2.45) is 0 Å². The van der Waals surface area contributed by atoms with Crippen LogP contribution in [0.2, 0.25) is 0 Å². The molecule has 5 heteroatoms. The van der Waals surface area contributed by atoms with E-state index in [-0.39, 0.29) is 30.2 Å². The van der Waals surface area contributed by atoms with Gasteiger partial charge in [0.1, 0.15) is 0 Å². The van der Waals surface area contributed by atoms with Crippen LogP contribution in [0, 0.1) is 0 Å². The second-order valence-corrected chi connectivity index (χ2v) is 5.43. The van der Waals surface area contributed by atoms with Crippen molar-refractivity contribution in [3.8, 4) is 0 Å². The summed E-state index contributed by atoms with van der Waals surface area (Å²) in [5, 5.41) is 10.5. The minimum atomic E-state index is 0. The third kappa shape index (κ3) is 2.21. The maximum atomic E-state index is 3.51. The first-order chi connectivity index (χ1) is 7.60. The van der Waals surface area contributed by atoms with Gasteiger partial charge in [0, 0.05) is 17.6 Å². The van der Waals surface area contributed by atoms with Gasteiger partial charge in [0.2, 0.25) is 0 Å². The summed E-state index contributed by atoms with van der Waals surface area (Å²) >= 11 is 0. The summed E-state index contributed by atoms with van der Waals surface area (Å²) in [6, 6.07) is 4.54. The van der Waals surface area contributed by atoms with Gasteiger partial charge in [-0.15, -0.1) is 24.8 Å². The van der Waals surface area contributed by atoms with E-state index in [9.17, 15) is 0 Å². The minimum absolute atomic E-state index is 0. The average Bonchev–Trinajstić information content (AvgIpc) is 2.77. The Morgan fingerprint density at radius 1 is 1.11 bits per heavy atom. The summed E-state index contributed by atoms with van der Waals surface area (Å²) in [4.78, 5) is 0. The molecule has 2 aliphatic rings. The smallest absolute Gasteiger partial charge is 0.0962 e. The van der Waals surface area contributed by atoms with Crippen LogP contribution in [0.15, 0.2) is 12.1 Å². The normalized spacial score (nSPS) is 21.4. The molecule has 18 heavy (non-hydrogen) atoms. The highest BCUT2D eigenvalue weighted by Gasteiger charge is 2.32. The molecule has 0 saturated carbocycles. The van der Waals surface area contributed by atoms with Crippen LogP contribution >= 0.6 is 24.8 Å². The van der Waals surface area contributed by atoms with Gasteiger partial charge in [0.15, 0.2) is 0 Å². The van der Waals surface area contributed by atoms with Crippen LogP contribution in [0.3, 0.4) is 0 Å². The summed E-state index contributed by atoms with van der Waals surface area (Å²) in [7, 11) is 0. The molecule has 0 spiro atoms. The van der Waals surface area contributed by atoms with E-state index in [1.165, 1.54) is 22.6 Å². The predicted octanol–water partition coefficient (Wildman–Crippen LogP) is 3.81. The van der Waals surface area contributed by atoms with Crippen molar-refractivity contribution < 1.29 is 0 Å². The summed E-state index contributed by atoms with van der Waals surface area (Å²) in [5.74, 6) is 0. The van der Waals surface area contributed by atoms with Crippen LogP contribution in [0.25, 0.3) is 0 Å². The van der Waals surface area contributed by atoms with Crippen molar-refractivity contribution >= 4 is 41.9 Å². The zero-order valence-electron chi connectivity index (χ0n) is 11.0. The number of benzene rings is 1. The van der Waals surface area contributed by atoms with Crippen molar-refractivity contribution in [1.29, 1.82) is 0 Å². The van der Waals surface area contributed by atoms with Gasteiger partial charge in [-0.3, -0.25) is 0 Å². The highest BCUT2D eigenvalue weighted by atomic mass is 35.5. The first kappa shape index (κ1) is 15.3. The van der Waals surface area contributed by atoms with Gasteiger partial charge in [-0.05, 0) is 24.1 Å². The van der Waals surface area contributed by atoms with E-state index in [1.54, 1.807) is 0 Å². The molecular weight excluding hydrogens is 269 g/mol. The third-order valence-corrected chi connectivity index (χ3v) is 3.68. The van der Waals surface area contributed by atoms with Crippen molar-refractivity contribution in [2.75, 3.05) is 22.5 Å². The van der Waals surface area contributed by atoms with E-state index >= 15 is 0 Å². The van der Waals surface area contributed by atoms with E-state index in [0.29, 0.717) is 6.17 Å². The molecule has 1 atom stereocenters. The highest BCUT2D eigenvalue weighted by Crippen LogP contribution is 2.43. The lowest BCUT2D eigenvalue weighted by Crippen LogP contribution is -2.20. The largest absolute Gasteiger partial charge is 0.384 e. The van der Waals surface area contributed by atoms with Crippen molar-refractivity contribution in [3.05, 3.63) is 17.7 Å². The van der Waals surface area contributed by atoms with Gasteiger partial charge < -0.3 is 16.0 Å². The molecule has 3 N–H and O–H groups in total. The quantitative estimate of drug-likeness (QED) is 0.736. The van der Waals surface area contributed by atoms with Crippen molar-refractivity contribution in [1.82, 2.24) is 0 Å². The lowest BCUT2D eigenvalue weighted by atomic mass is 9.86. The van der Waals surface area contributed by atoms with Crippen LogP contribution in [0.5, 0.6) is 0 Å². The van der Waals surface area contributed by atoms with Gasteiger partial charge >= 0.3 is 0 Å². The van der Waals surface area contributed by atoms with Gasteiger partial charge in [-0.1, -0.05) is 20.8 Å². The number of rotatable bonds is 1. The Bertz CT molecular complexity index is 446. The molecule has 1 aromatic rings. The number of halogens is 2. The van der Waals surface area contributed by atoms with E-state index in [0.717, 1.165) is 13.0 Å². The summed E-state index contributed by atoms with van der Waals surface area (Å²) in [6.07, 6.45) is 1.48. The number of fused-ring (bicyclic) bond motifs is 2. The molecule has 3 nitrogen and oxygen atoms in total. The second-order valence-electron chi connectivity index (χ2n) is 5.43. The third-order valence-electron chi connectivity index (χ3n) is 3.68. The van der Waals surface area contributed by atoms with E-state index in [1.807, 2.05) is 0 Å². The van der Waals surface area contributed by atoms with Crippen molar-refractivity contribution in [2.45, 2.75) is 38.8 Å². The summed E-state index contributed by atoms with van der Waals surface area (Å²) < 4.78 is 0. The maximum Gasteiger partial charge on any atom is 0.0962 e. The molecule has 1 unspecified atom stereocenters. The number of hydrogen-bond donors (Lipinski definition) is 3. The molecule has 0 aromatic heterocycles. The lowest BCUT2D eigenvalue weighted by Gasteiger charge is -2.17. The first-order valence-corrected chi connectivity index (χ1v) is 6.05. The maximum absolute atomic E-state index is 3.51. The molecular formula is C13H21Cl2N3. The topological polar surface area (TPSA) is 36.1 Å². The SMILES string of the molecule is CCC1Nc2cc3c(cc2N1)C(C)(C)CN3.Cl.Cl. The van der Waals surface area contributed by atoms with Crippen LogP contribution in [-0.2, 0) is 5.41 Å². The zero-order chi connectivity index (χ0) is 11.3. The Kier molecular flexibility index (Phi) is 4.29. The predicted molar refractivity (Wildman–Crippen MR) is 83.8 cm³/mol. The molecule has 1 aromatic carbocycles. The Balaban J connectivity index is 0.000000810. The van der Waals surface area contributed by atoms with Gasteiger partial charge in [0.05, 0.1) is 17.5 Å². The number of anilines is 3. The molecule has 0 aliphatic carbocycles. The molecule has 0 saturated heterocycles. The monoisotopic (exact) mass is 289 g/mol. The van der Waals surface area contributed by atoms with Gasteiger partial charge in [0.25, 0.3) is 0 Å². The summed E-state index contributed by atoms with van der Waals surface area (Å²) in [6.45, 7) is 7.80. The van der Waals surface area contributed by atoms with Gasteiger partial charge in [-0.25, -0.2) is 0 Å². The average molecular weight is 290 g/mol. The first-order valence-electron chi connectivity index (χ1n) is 6.05. The molecule has 0 radical (unpaired) electrons. The fraction of sp³-hybridized carbons (Fsp3) is 0.538. The standard InChI is InChI=1S/C13H19N3.2ClH/c1-4-12-15-10-5-8-9(6-11(10)16-12)14-7-13(8,2)3;;/h5-6,12,14-16H,4,7H2,1-3H3;2*1H. The van der Waals surface area contributed by atoms with Gasteiger partial charge in [-0.2, -0.15) is 0 Å². The Hall–Kier alpha value is -0.800. The van der Waals surface area contributed by atoms with E-state index < -0.39 is 0 Å². The second kappa shape index (κ2) is 5.06. The highest BCUT2D eigenvalue weighted by molar-refractivity contribution is 5.85.